The fourth-order valence-electron chi connectivity index (χ4n) is 2.99. The Bertz CT molecular complexity index is 1110. The predicted molar refractivity (Wildman–Crippen MR) is 117 cm³/mol. The van der Waals surface area contributed by atoms with Crippen LogP contribution < -0.4 is 0 Å². The molecule has 0 amide bonds. The van der Waals surface area contributed by atoms with Crippen molar-refractivity contribution in [3.05, 3.63) is 90.5 Å². The molecular weight excluding hydrogens is 415 g/mol. The molecule has 2 aromatic heterocycles. The zero-order chi connectivity index (χ0) is 21.5. The lowest BCUT2D eigenvalue weighted by Gasteiger charge is -2.13. The molecule has 0 aliphatic carbocycles. The van der Waals surface area contributed by atoms with Crippen LogP contribution in [0.5, 0.6) is 0 Å². The predicted octanol–water partition coefficient (Wildman–Crippen LogP) is 4.14. The number of aliphatic hydroxyl groups excluding tert-OH is 1. The molecule has 158 valence electrons. The van der Waals surface area contributed by atoms with E-state index in [4.69, 9.17) is 4.74 Å². The maximum atomic E-state index is 13.7. The normalized spacial score (nSPS) is 12.1. The van der Waals surface area contributed by atoms with Gasteiger partial charge in [-0.15, -0.1) is 10.2 Å². The van der Waals surface area contributed by atoms with Crippen LogP contribution in [-0.2, 0) is 11.3 Å². The first-order chi connectivity index (χ1) is 15.2. The summed E-state index contributed by atoms with van der Waals surface area (Å²) < 4.78 is 21.1. The van der Waals surface area contributed by atoms with Gasteiger partial charge in [-0.2, -0.15) is 0 Å². The molecule has 0 saturated carbocycles. The third kappa shape index (κ3) is 5.35. The van der Waals surface area contributed by atoms with E-state index in [2.05, 4.69) is 15.2 Å². The SMILES string of the molecule is O[C@@H](COCc1ccccc1F)CSc1nnc(-c2cccnc2)n1-c1ccccc1. The van der Waals surface area contributed by atoms with Crippen molar-refractivity contribution in [1.29, 1.82) is 0 Å². The second-order valence-corrected chi connectivity index (χ2v) is 7.78. The fourth-order valence-corrected chi connectivity index (χ4v) is 3.85. The number of nitrogens with zero attached hydrogens (tertiary/aromatic N) is 4. The van der Waals surface area contributed by atoms with Crippen LogP contribution in [0.4, 0.5) is 4.39 Å². The minimum absolute atomic E-state index is 0.0935. The van der Waals surface area contributed by atoms with Crippen molar-refractivity contribution < 1.29 is 14.2 Å². The Labute approximate surface area is 183 Å². The lowest BCUT2D eigenvalue weighted by atomic mass is 10.2. The number of hydrogen-bond acceptors (Lipinski definition) is 6. The van der Waals surface area contributed by atoms with Crippen molar-refractivity contribution >= 4 is 11.8 Å². The maximum absolute atomic E-state index is 13.7. The van der Waals surface area contributed by atoms with E-state index in [1.165, 1.54) is 17.8 Å². The van der Waals surface area contributed by atoms with Crippen LogP contribution in [0.1, 0.15) is 5.56 Å². The summed E-state index contributed by atoms with van der Waals surface area (Å²) in [5.41, 5.74) is 2.23. The van der Waals surface area contributed by atoms with Crippen LogP contribution in [0.2, 0.25) is 0 Å². The third-order valence-corrected chi connectivity index (χ3v) is 5.57. The number of hydrogen-bond donors (Lipinski definition) is 1. The van der Waals surface area contributed by atoms with Crippen molar-refractivity contribution in [2.75, 3.05) is 12.4 Å². The van der Waals surface area contributed by atoms with Gasteiger partial charge in [-0.3, -0.25) is 9.55 Å². The highest BCUT2D eigenvalue weighted by molar-refractivity contribution is 7.99. The second kappa shape index (κ2) is 10.3. The summed E-state index contributed by atoms with van der Waals surface area (Å²) in [6, 6.07) is 20.0. The first-order valence-corrected chi connectivity index (χ1v) is 10.7. The summed E-state index contributed by atoms with van der Waals surface area (Å²) >= 11 is 1.38. The average molecular weight is 437 g/mol. The van der Waals surface area contributed by atoms with Gasteiger partial charge in [0.15, 0.2) is 11.0 Å². The topological polar surface area (TPSA) is 73.1 Å². The Hall–Kier alpha value is -3.07. The lowest BCUT2D eigenvalue weighted by Crippen LogP contribution is -2.18. The number of para-hydroxylation sites is 1. The van der Waals surface area contributed by atoms with E-state index >= 15 is 0 Å². The molecule has 31 heavy (non-hydrogen) atoms. The molecular formula is C23H21FN4O2S. The van der Waals surface area contributed by atoms with Gasteiger partial charge >= 0.3 is 0 Å². The average Bonchev–Trinajstić information content (AvgIpc) is 3.24. The lowest BCUT2D eigenvalue weighted by molar-refractivity contribution is 0.0386. The summed E-state index contributed by atoms with van der Waals surface area (Å²) in [6.45, 7) is 0.204. The number of rotatable bonds is 9. The van der Waals surface area contributed by atoms with Gasteiger partial charge in [0.25, 0.3) is 0 Å². The molecule has 1 atom stereocenters. The smallest absolute Gasteiger partial charge is 0.196 e. The molecule has 0 unspecified atom stereocenters. The third-order valence-electron chi connectivity index (χ3n) is 4.50. The van der Waals surface area contributed by atoms with Crippen LogP contribution in [0, 0.1) is 5.82 Å². The van der Waals surface area contributed by atoms with Crippen molar-refractivity contribution in [1.82, 2.24) is 19.7 Å². The van der Waals surface area contributed by atoms with Gasteiger partial charge in [-0.05, 0) is 30.3 Å². The largest absolute Gasteiger partial charge is 0.390 e. The first-order valence-electron chi connectivity index (χ1n) is 9.75. The van der Waals surface area contributed by atoms with Gasteiger partial charge in [0, 0.05) is 35.0 Å². The summed E-state index contributed by atoms with van der Waals surface area (Å²) in [5, 5.41) is 19.7. The van der Waals surface area contributed by atoms with Crippen LogP contribution in [0.25, 0.3) is 17.1 Å². The van der Waals surface area contributed by atoms with E-state index in [9.17, 15) is 9.50 Å². The number of halogens is 1. The Morgan fingerprint density at radius 3 is 2.58 bits per heavy atom. The van der Waals surface area contributed by atoms with Crippen molar-refractivity contribution in [2.24, 2.45) is 0 Å². The number of thioether (sulfide) groups is 1. The highest BCUT2D eigenvalue weighted by atomic mass is 32.2. The Morgan fingerprint density at radius 2 is 1.81 bits per heavy atom. The van der Waals surface area contributed by atoms with Crippen LogP contribution >= 0.6 is 11.8 Å². The van der Waals surface area contributed by atoms with Crippen LogP contribution in [0.3, 0.4) is 0 Å². The molecule has 4 rings (SSSR count). The minimum Gasteiger partial charge on any atom is -0.390 e. The Balaban J connectivity index is 1.43. The van der Waals surface area contributed by atoms with Gasteiger partial charge in [0.1, 0.15) is 5.82 Å². The molecule has 4 aromatic rings. The van der Waals surface area contributed by atoms with E-state index in [1.54, 1.807) is 30.6 Å². The highest BCUT2D eigenvalue weighted by Gasteiger charge is 2.17. The van der Waals surface area contributed by atoms with E-state index in [-0.39, 0.29) is 19.0 Å². The van der Waals surface area contributed by atoms with E-state index in [1.807, 2.05) is 47.0 Å². The minimum atomic E-state index is -0.737. The molecule has 8 heteroatoms. The quantitative estimate of drug-likeness (QED) is 0.398. The fraction of sp³-hybridized carbons (Fsp3) is 0.174. The van der Waals surface area contributed by atoms with Gasteiger partial charge in [0.2, 0.25) is 0 Å². The number of ether oxygens (including phenoxy) is 1. The highest BCUT2D eigenvalue weighted by Crippen LogP contribution is 2.27. The second-order valence-electron chi connectivity index (χ2n) is 6.79. The Kier molecular flexibility index (Phi) is 7.03. The molecule has 2 heterocycles. The van der Waals surface area contributed by atoms with Crippen molar-refractivity contribution in [2.45, 2.75) is 17.9 Å². The zero-order valence-electron chi connectivity index (χ0n) is 16.6. The van der Waals surface area contributed by atoms with E-state index < -0.39 is 6.10 Å². The number of benzene rings is 2. The van der Waals surface area contributed by atoms with E-state index in [0.29, 0.717) is 22.3 Å². The molecule has 0 aliphatic rings. The van der Waals surface area contributed by atoms with Gasteiger partial charge < -0.3 is 9.84 Å². The van der Waals surface area contributed by atoms with Crippen LogP contribution in [-0.4, -0.2) is 43.3 Å². The summed E-state index contributed by atoms with van der Waals surface area (Å²) in [5.74, 6) is 0.715. The zero-order valence-corrected chi connectivity index (χ0v) is 17.5. The molecule has 0 bridgehead atoms. The van der Waals surface area contributed by atoms with E-state index in [0.717, 1.165) is 11.3 Å². The molecule has 0 fully saturated rings. The molecule has 0 spiro atoms. The summed E-state index contributed by atoms with van der Waals surface area (Å²) in [4.78, 5) is 4.17. The number of pyridine rings is 1. The summed E-state index contributed by atoms with van der Waals surface area (Å²) in [6.07, 6.45) is 2.71. The monoisotopic (exact) mass is 436 g/mol. The van der Waals surface area contributed by atoms with Crippen molar-refractivity contribution in [3.8, 4) is 17.1 Å². The van der Waals surface area contributed by atoms with Crippen LogP contribution in [0.15, 0.2) is 84.3 Å². The number of aliphatic hydroxyl groups is 1. The van der Waals surface area contributed by atoms with Crippen molar-refractivity contribution in [3.63, 3.8) is 0 Å². The van der Waals surface area contributed by atoms with Gasteiger partial charge in [0.05, 0.1) is 19.3 Å². The van der Waals surface area contributed by atoms with Gasteiger partial charge in [-0.25, -0.2) is 4.39 Å². The molecule has 6 nitrogen and oxygen atoms in total. The standard InChI is InChI=1S/C23H21FN4O2S/c24-21-11-5-4-7-18(21)14-30-15-20(29)16-31-23-27-26-22(17-8-6-12-25-13-17)28(23)19-9-2-1-3-10-19/h1-13,20,29H,14-16H2/t20-/m0/s1. The first kappa shape index (κ1) is 21.2. The molecule has 0 aliphatic heterocycles. The number of aromatic nitrogens is 4. The molecule has 2 aromatic carbocycles. The molecule has 0 saturated heterocycles. The van der Waals surface area contributed by atoms with Gasteiger partial charge in [-0.1, -0.05) is 48.2 Å². The summed E-state index contributed by atoms with van der Waals surface area (Å²) in [7, 11) is 0. The Morgan fingerprint density at radius 1 is 1.00 bits per heavy atom. The molecule has 1 N–H and O–H groups in total. The maximum Gasteiger partial charge on any atom is 0.196 e. The molecule has 0 radical (unpaired) electrons.